The molecule has 8 nitrogen and oxygen atoms in total. The Morgan fingerprint density at radius 3 is 2.06 bits per heavy atom. The van der Waals surface area contributed by atoms with Gasteiger partial charge in [-0.15, -0.1) is 0 Å². The number of rotatable bonds is 5. The largest absolute Gasteiger partial charge is 0.481 e. The molecular formula is C9H12O8. The smallest absolute Gasteiger partial charge is 0.346 e. The van der Waals surface area contributed by atoms with Crippen LogP contribution in [-0.2, 0) is 28.7 Å². The van der Waals surface area contributed by atoms with Gasteiger partial charge in [0.15, 0.2) is 5.60 Å². The van der Waals surface area contributed by atoms with Gasteiger partial charge in [0.2, 0.25) is 0 Å². The van der Waals surface area contributed by atoms with E-state index in [1.165, 1.54) is 0 Å². The van der Waals surface area contributed by atoms with Gasteiger partial charge in [-0.1, -0.05) is 0 Å². The van der Waals surface area contributed by atoms with Crippen LogP contribution < -0.4 is 0 Å². The predicted molar refractivity (Wildman–Crippen MR) is 50.6 cm³/mol. The van der Waals surface area contributed by atoms with Gasteiger partial charge in [0, 0.05) is 6.92 Å². The summed E-state index contributed by atoms with van der Waals surface area (Å²) in [5.41, 5.74) is -2.62. The Bertz CT molecular complexity index is 347. The number of hydrogen-bond donors (Lipinski definition) is 2. The van der Waals surface area contributed by atoms with Crippen LogP contribution in [0.3, 0.4) is 0 Å². The minimum absolute atomic E-state index is 0.900. The maximum atomic E-state index is 11.3. The molecule has 1 unspecified atom stereocenters. The monoisotopic (exact) mass is 248 g/mol. The van der Waals surface area contributed by atoms with Crippen LogP contribution in [0.25, 0.3) is 0 Å². The number of carbonyl (C=O) groups excluding carboxylic acids is 3. The number of hydrogen-bond acceptors (Lipinski definition) is 7. The third-order valence-electron chi connectivity index (χ3n) is 1.72. The highest BCUT2D eigenvalue weighted by atomic mass is 16.6. The number of carbonyl (C=O) groups is 4. The molecule has 0 fully saturated rings. The molecule has 2 N–H and O–H groups in total. The molecule has 0 aromatic carbocycles. The Kier molecular flexibility index (Phi) is 5.26. The lowest BCUT2D eigenvalue weighted by Gasteiger charge is -2.21. The van der Waals surface area contributed by atoms with Crippen molar-refractivity contribution in [1.82, 2.24) is 0 Å². The van der Waals surface area contributed by atoms with E-state index in [9.17, 15) is 24.3 Å². The van der Waals surface area contributed by atoms with Crippen molar-refractivity contribution in [2.75, 3.05) is 7.11 Å². The SMILES string of the molecule is COC(=O)CC(O)(CC(=O)O)C(=O)OC(C)=O. The molecule has 0 saturated heterocycles. The minimum atomic E-state index is -2.62. The van der Waals surface area contributed by atoms with Gasteiger partial charge in [0.05, 0.1) is 20.0 Å². The van der Waals surface area contributed by atoms with Crippen LogP contribution in [0, 0.1) is 0 Å². The quantitative estimate of drug-likeness (QED) is 0.461. The van der Waals surface area contributed by atoms with E-state index in [1.807, 2.05) is 0 Å². The zero-order chi connectivity index (χ0) is 13.6. The van der Waals surface area contributed by atoms with E-state index < -0.39 is 42.3 Å². The summed E-state index contributed by atoms with van der Waals surface area (Å²) < 4.78 is 8.26. The Morgan fingerprint density at radius 1 is 1.18 bits per heavy atom. The zero-order valence-corrected chi connectivity index (χ0v) is 9.26. The van der Waals surface area contributed by atoms with Gasteiger partial charge < -0.3 is 19.7 Å². The summed E-state index contributed by atoms with van der Waals surface area (Å²) in [5.74, 6) is -5.06. The van der Waals surface area contributed by atoms with Gasteiger partial charge in [-0.05, 0) is 0 Å². The second kappa shape index (κ2) is 5.94. The lowest BCUT2D eigenvalue weighted by molar-refractivity contribution is -0.180. The number of aliphatic carboxylic acids is 1. The number of carboxylic acids is 1. The summed E-state index contributed by atoms with van der Waals surface area (Å²) in [6.07, 6.45) is -1.99. The van der Waals surface area contributed by atoms with Crippen molar-refractivity contribution in [3.05, 3.63) is 0 Å². The molecule has 1 atom stereocenters. The normalized spacial score (nSPS) is 13.4. The van der Waals surface area contributed by atoms with Crippen molar-refractivity contribution in [2.45, 2.75) is 25.4 Å². The first-order valence-electron chi connectivity index (χ1n) is 4.45. The second-order valence-electron chi connectivity index (χ2n) is 3.24. The molecule has 0 aliphatic heterocycles. The Labute approximate surface area is 96.1 Å². The zero-order valence-electron chi connectivity index (χ0n) is 9.26. The van der Waals surface area contributed by atoms with Gasteiger partial charge in [-0.3, -0.25) is 14.4 Å². The van der Waals surface area contributed by atoms with Crippen molar-refractivity contribution < 1.29 is 38.9 Å². The fraction of sp³-hybridized carbons (Fsp3) is 0.556. The van der Waals surface area contributed by atoms with Crippen molar-refractivity contribution in [3.8, 4) is 0 Å². The van der Waals surface area contributed by atoms with Crippen LogP contribution in [0.5, 0.6) is 0 Å². The van der Waals surface area contributed by atoms with Gasteiger partial charge in [-0.25, -0.2) is 4.79 Å². The molecule has 96 valence electrons. The Morgan fingerprint density at radius 2 is 1.71 bits per heavy atom. The molecule has 0 aliphatic rings. The van der Waals surface area contributed by atoms with Crippen LogP contribution >= 0.6 is 0 Å². The summed E-state index contributed by atoms with van der Waals surface area (Å²) in [7, 11) is 1.000. The molecule has 0 radical (unpaired) electrons. The second-order valence-corrected chi connectivity index (χ2v) is 3.24. The van der Waals surface area contributed by atoms with Gasteiger partial charge in [0.25, 0.3) is 0 Å². The number of ether oxygens (including phenoxy) is 2. The van der Waals surface area contributed by atoms with Crippen LogP contribution in [0.2, 0.25) is 0 Å². The van der Waals surface area contributed by atoms with Crippen LogP contribution in [0.1, 0.15) is 19.8 Å². The first-order valence-corrected chi connectivity index (χ1v) is 4.45. The van der Waals surface area contributed by atoms with E-state index in [0.717, 1.165) is 14.0 Å². The fourth-order valence-corrected chi connectivity index (χ4v) is 0.993. The first-order chi connectivity index (χ1) is 7.71. The number of esters is 3. The van der Waals surface area contributed by atoms with E-state index in [4.69, 9.17) is 5.11 Å². The number of methoxy groups -OCH3 is 1. The molecule has 0 aromatic rings. The molecule has 0 saturated carbocycles. The van der Waals surface area contributed by atoms with E-state index in [2.05, 4.69) is 9.47 Å². The molecule has 0 heterocycles. The van der Waals surface area contributed by atoms with E-state index in [1.54, 1.807) is 0 Å². The van der Waals surface area contributed by atoms with Crippen molar-refractivity contribution in [3.63, 3.8) is 0 Å². The fourth-order valence-electron chi connectivity index (χ4n) is 0.993. The molecule has 0 aromatic heterocycles. The summed E-state index contributed by atoms with van der Waals surface area (Å²) in [6.45, 7) is 0.900. The highest BCUT2D eigenvalue weighted by Gasteiger charge is 2.43. The van der Waals surface area contributed by atoms with Crippen molar-refractivity contribution in [2.24, 2.45) is 0 Å². The van der Waals surface area contributed by atoms with E-state index in [0.29, 0.717) is 0 Å². The maximum absolute atomic E-state index is 11.3. The molecule has 0 bridgehead atoms. The predicted octanol–water partition coefficient (Wildman–Crippen LogP) is -1.15. The number of carboxylic acid groups (broad SMARTS) is 1. The molecule has 17 heavy (non-hydrogen) atoms. The van der Waals surface area contributed by atoms with Crippen LogP contribution in [0.4, 0.5) is 0 Å². The van der Waals surface area contributed by atoms with Crippen molar-refractivity contribution >= 4 is 23.9 Å². The lowest BCUT2D eigenvalue weighted by Crippen LogP contribution is -2.44. The maximum Gasteiger partial charge on any atom is 0.346 e. The molecule has 0 spiro atoms. The minimum Gasteiger partial charge on any atom is -0.481 e. The third kappa shape index (κ3) is 5.07. The average Bonchev–Trinajstić information content (AvgIpc) is 2.14. The summed E-state index contributed by atoms with van der Waals surface area (Å²) in [5, 5.41) is 18.2. The topological polar surface area (TPSA) is 127 Å². The average molecular weight is 248 g/mol. The lowest BCUT2D eigenvalue weighted by atomic mass is 9.96. The Hall–Kier alpha value is -1.96. The summed E-state index contributed by atoms with van der Waals surface area (Å²) in [6, 6.07) is 0. The summed E-state index contributed by atoms with van der Waals surface area (Å²) in [4.78, 5) is 43.2. The highest BCUT2D eigenvalue weighted by Crippen LogP contribution is 2.18. The van der Waals surface area contributed by atoms with Crippen LogP contribution in [-0.4, -0.2) is 46.8 Å². The summed E-state index contributed by atoms with van der Waals surface area (Å²) >= 11 is 0. The van der Waals surface area contributed by atoms with Crippen molar-refractivity contribution in [1.29, 1.82) is 0 Å². The molecule has 0 rings (SSSR count). The van der Waals surface area contributed by atoms with Crippen LogP contribution in [0.15, 0.2) is 0 Å². The van der Waals surface area contributed by atoms with Gasteiger partial charge in [-0.2, -0.15) is 0 Å². The molecule has 8 heteroatoms. The van der Waals surface area contributed by atoms with E-state index >= 15 is 0 Å². The molecule has 0 aliphatic carbocycles. The number of aliphatic hydroxyl groups is 1. The molecular weight excluding hydrogens is 236 g/mol. The molecule has 0 amide bonds. The van der Waals surface area contributed by atoms with Gasteiger partial charge in [0.1, 0.15) is 0 Å². The first kappa shape index (κ1) is 15.0. The third-order valence-corrected chi connectivity index (χ3v) is 1.72. The van der Waals surface area contributed by atoms with Gasteiger partial charge >= 0.3 is 23.9 Å². The highest BCUT2D eigenvalue weighted by molar-refractivity contribution is 5.94. The Balaban J connectivity index is 4.94. The standard InChI is InChI=1S/C9H12O8/c1-5(10)17-8(14)9(15,3-6(11)12)4-7(13)16-2/h15H,3-4H2,1-2H3,(H,11,12). The van der Waals surface area contributed by atoms with E-state index in [-0.39, 0.29) is 0 Å².